The lowest BCUT2D eigenvalue weighted by atomic mass is 10.1. The van der Waals surface area contributed by atoms with Gasteiger partial charge in [-0.1, -0.05) is 12.1 Å². The van der Waals surface area contributed by atoms with Crippen molar-refractivity contribution in [2.75, 3.05) is 31.1 Å². The zero-order chi connectivity index (χ0) is 21.1. The van der Waals surface area contributed by atoms with Crippen molar-refractivity contribution in [2.24, 2.45) is 5.10 Å². The van der Waals surface area contributed by atoms with Crippen LogP contribution in [0.3, 0.4) is 0 Å². The van der Waals surface area contributed by atoms with E-state index in [0.717, 1.165) is 11.3 Å². The van der Waals surface area contributed by atoms with Gasteiger partial charge < -0.3 is 14.9 Å². The fourth-order valence-electron chi connectivity index (χ4n) is 3.66. The number of aromatic hydroxyl groups is 1. The number of carbonyl (C=O) groups is 2. The smallest absolute Gasteiger partial charge is 0.270 e. The third-order valence-electron chi connectivity index (χ3n) is 5.38. The van der Waals surface area contributed by atoms with Gasteiger partial charge in [-0.2, -0.15) is 5.10 Å². The number of benzene rings is 2. The maximum Gasteiger partial charge on any atom is 0.270 e. The largest absolute Gasteiger partial charge is 0.508 e. The van der Waals surface area contributed by atoms with Gasteiger partial charge in [-0.25, -0.2) is 9.40 Å². The minimum absolute atomic E-state index is 0.142. The lowest BCUT2D eigenvalue weighted by molar-refractivity contribution is -0.132. The highest BCUT2D eigenvalue weighted by molar-refractivity contribution is 6.39. The van der Waals surface area contributed by atoms with Crippen molar-refractivity contribution in [1.82, 2.24) is 9.91 Å². The molecule has 0 atom stereocenters. The number of carbonyl (C=O) groups excluding carboxylic acids is 2. The molecule has 0 bridgehead atoms. The van der Waals surface area contributed by atoms with Crippen LogP contribution in [-0.2, 0) is 16.1 Å². The lowest BCUT2D eigenvalue weighted by Gasteiger charge is -2.36. The number of phenolic OH excluding ortho intramolecular Hbond substituents is 1. The van der Waals surface area contributed by atoms with Crippen molar-refractivity contribution < 1.29 is 19.1 Å². The minimum Gasteiger partial charge on any atom is -0.508 e. The molecule has 0 aromatic heterocycles. The van der Waals surface area contributed by atoms with Gasteiger partial charge in [-0.05, 0) is 42.0 Å². The van der Waals surface area contributed by atoms with Gasteiger partial charge in [-0.3, -0.25) is 9.59 Å². The predicted molar refractivity (Wildman–Crippen MR) is 111 cm³/mol. The number of hydrazone groups is 1. The van der Waals surface area contributed by atoms with Crippen LogP contribution in [-0.4, -0.2) is 58.7 Å². The van der Waals surface area contributed by atoms with E-state index >= 15 is 0 Å². The van der Waals surface area contributed by atoms with Crippen LogP contribution in [0.1, 0.15) is 18.4 Å². The molecular formula is C22H23FN4O3. The molecule has 0 radical (unpaired) electrons. The molecule has 2 aliphatic heterocycles. The Balaban J connectivity index is 1.39. The van der Waals surface area contributed by atoms with Crippen molar-refractivity contribution in [3.63, 3.8) is 0 Å². The molecule has 0 unspecified atom stereocenters. The molecule has 156 valence electrons. The Kier molecular flexibility index (Phi) is 5.65. The summed E-state index contributed by atoms with van der Waals surface area (Å²) in [6.07, 6.45) is 0.564. The number of anilines is 1. The Morgan fingerprint density at radius 3 is 2.30 bits per heavy atom. The topological polar surface area (TPSA) is 76.5 Å². The molecular weight excluding hydrogens is 387 g/mol. The maximum absolute atomic E-state index is 13.1. The number of hydrogen-bond donors (Lipinski definition) is 1. The molecule has 1 fully saturated rings. The van der Waals surface area contributed by atoms with E-state index in [0.29, 0.717) is 38.3 Å². The number of amides is 2. The van der Waals surface area contributed by atoms with Crippen molar-refractivity contribution in [3.8, 4) is 5.75 Å². The molecule has 1 N–H and O–H groups in total. The molecule has 4 rings (SSSR count). The molecule has 0 spiro atoms. The summed E-state index contributed by atoms with van der Waals surface area (Å²) in [6.45, 7) is 2.70. The van der Waals surface area contributed by atoms with Gasteiger partial charge in [0.15, 0.2) is 0 Å². The van der Waals surface area contributed by atoms with Crippen LogP contribution in [0, 0.1) is 5.82 Å². The van der Waals surface area contributed by atoms with Crippen molar-refractivity contribution in [2.45, 2.75) is 19.4 Å². The first-order valence-electron chi connectivity index (χ1n) is 9.95. The molecule has 0 saturated carbocycles. The first kappa shape index (κ1) is 19.9. The van der Waals surface area contributed by atoms with E-state index in [2.05, 4.69) is 10.0 Å². The van der Waals surface area contributed by atoms with Crippen LogP contribution in [0.4, 0.5) is 10.1 Å². The second kappa shape index (κ2) is 8.52. The molecule has 2 aliphatic rings. The average Bonchev–Trinajstić information content (AvgIpc) is 2.77. The van der Waals surface area contributed by atoms with E-state index in [1.807, 2.05) is 12.1 Å². The highest BCUT2D eigenvalue weighted by Crippen LogP contribution is 2.21. The van der Waals surface area contributed by atoms with Crippen molar-refractivity contribution in [1.29, 1.82) is 0 Å². The predicted octanol–water partition coefficient (Wildman–Crippen LogP) is 2.36. The number of nitrogens with zero attached hydrogens (tertiary/aromatic N) is 4. The standard InChI is InChI=1S/C22H23FN4O3/c23-17-3-1-16(2-4-17)15-27-21(29)10-9-20(24-27)22(30)26-13-11-25(12-14-26)18-5-7-19(28)8-6-18/h1-8,28H,9-15H2. The Hall–Kier alpha value is -3.42. The number of phenols is 1. The number of halogens is 1. The van der Waals surface area contributed by atoms with Crippen LogP contribution in [0.2, 0.25) is 0 Å². The molecule has 7 nitrogen and oxygen atoms in total. The lowest BCUT2D eigenvalue weighted by Crippen LogP contribution is -2.51. The Morgan fingerprint density at radius 2 is 1.63 bits per heavy atom. The summed E-state index contributed by atoms with van der Waals surface area (Å²) in [5.41, 5.74) is 2.14. The normalized spacial score (nSPS) is 17.2. The monoisotopic (exact) mass is 410 g/mol. The van der Waals surface area contributed by atoms with Gasteiger partial charge in [0.1, 0.15) is 17.3 Å². The number of hydrogen-bond acceptors (Lipinski definition) is 5. The molecule has 1 saturated heterocycles. The molecule has 2 aromatic rings. The van der Waals surface area contributed by atoms with E-state index in [1.165, 1.54) is 17.1 Å². The van der Waals surface area contributed by atoms with Crippen LogP contribution in [0.5, 0.6) is 5.75 Å². The summed E-state index contributed by atoms with van der Waals surface area (Å²) in [5, 5.41) is 15.0. The molecule has 0 aliphatic carbocycles. The average molecular weight is 410 g/mol. The van der Waals surface area contributed by atoms with E-state index in [4.69, 9.17) is 0 Å². The molecule has 2 heterocycles. The maximum atomic E-state index is 13.1. The van der Waals surface area contributed by atoms with Crippen molar-refractivity contribution >= 4 is 23.2 Å². The molecule has 8 heteroatoms. The zero-order valence-corrected chi connectivity index (χ0v) is 16.5. The molecule has 2 amide bonds. The first-order valence-corrected chi connectivity index (χ1v) is 9.95. The van der Waals surface area contributed by atoms with E-state index < -0.39 is 0 Å². The molecule has 30 heavy (non-hydrogen) atoms. The summed E-state index contributed by atoms with van der Waals surface area (Å²) >= 11 is 0. The number of piperazine rings is 1. The fraction of sp³-hybridized carbons (Fsp3) is 0.318. The van der Waals surface area contributed by atoms with E-state index in [9.17, 15) is 19.1 Å². The highest BCUT2D eigenvalue weighted by atomic mass is 19.1. The van der Waals surface area contributed by atoms with Crippen molar-refractivity contribution in [3.05, 3.63) is 59.9 Å². The van der Waals surface area contributed by atoms with Crippen LogP contribution in [0.25, 0.3) is 0 Å². The van der Waals surface area contributed by atoms with Gasteiger partial charge in [0.2, 0.25) is 5.91 Å². The second-order valence-corrected chi connectivity index (χ2v) is 7.42. The van der Waals surface area contributed by atoms with Crippen LogP contribution >= 0.6 is 0 Å². The van der Waals surface area contributed by atoms with Gasteiger partial charge in [0, 0.05) is 44.7 Å². The minimum atomic E-state index is -0.338. The summed E-state index contributed by atoms with van der Waals surface area (Å²) in [7, 11) is 0. The zero-order valence-electron chi connectivity index (χ0n) is 16.5. The Bertz CT molecular complexity index is 951. The summed E-state index contributed by atoms with van der Waals surface area (Å²) < 4.78 is 13.1. The van der Waals surface area contributed by atoms with E-state index in [1.54, 1.807) is 29.2 Å². The van der Waals surface area contributed by atoms with Gasteiger partial charge in [0.25, 0.3) is 5.91 Å². The van der Waals surface area contributed by atoms with Gasteiger partial charge in [-0.15, -0.1) is 0 Å². The SMILES string of the molecule is O=C(C1=NN(Cc2ccc(F)cc2)C(=O)CC1)N1CCN(c2ccc(O)cc2)CC1. The quantitative estimate of drug-likeness (QED) is 0.840. The Morgan fingerprint density at radius 1 is 0.967 bits per heavy atom. The summed E-state index contributed by atoms with van der Waals surface area (Å²) in [4.78, 5) is 29.1. The summed E-state index contributed by atoms with van der Waals surface area (Å²) in [6, 6.07) is 12.9. The van der Waals surface area contributed by atoms with Gasteiger partial charge >= 0.3 is 0 Å². The third kappa shape index (κ3) is 4.42. The van der Waals surface area contributed by atoms with Crippen LogP contribution in [0.15, 0.2) is 53.6 Å². The third-order valence-corrected chi connectivity index (χ3v) is 5.38. The number of rotatable bonds is 4. The first-order chi connectivity index (χ1) is 14.5. The fourth-order valence-corrected chi connectivity index (χ4v) is 3.66. The molecule has 2 aromatic carbocycles. The van der Waals surface area contributed by atoms with E-state index in [-0.39, 0.29) is 36.3 Å². The van der Waals surface area contributed by atoms with Crippen LogP contribution < -0.4 is 4.90 Å². The second-order valence-electron chi connectivity index (χ2n) is 7.42. The summed E-state index contributed by atoms with van der Waals surface area (Å²) in [5.74, 6) is -0.401. The van der Waals surface area contributed by atoms with Gasteiger partial charge in [0.05, 0.1) is 6.54 Å². The highest BCUT2D eigenvalue weighted by Gasteiger charge is 2.29. The Labute approximate surface area is 174 Å².